The van der Waals surface area contributed by atoms with Crippen LogP contribution in [0.15, 0.2) is 66.9 Å². The third kappa shape index (κ3) is 6.03. The molecule has 1 atom stereocenters. The Hall–Kier alpha value is -4.20. The number of aliphatic carboxylic acids is 1. The third-order valence-electron chi connectivity index (χ3n) is 5.95. The SMILES string of the molecule is CC(CCC(=O)Nc1ccc(CC(=O)O)nc1)NC(=O)OCC1c2ccccc2-c2ccccc21. The van der Waals surface area contributed by atoms with Crippen LogP contribution in [-0.2, 0) is 20.7 Å². The maximum Gasteiger partial charge on any atom is 0.407 e. The number of aromatic nitrogens is 1. The predicted octanol–water partition coefficient (Wildman–Crippen LogP) is 4.35. The van der Waals surface area contributed by atoms with Crippen LogP contribution in [0.2, 0.25) is 0 Å². The van der Waals surface area contributed by atoms with Crippen molar-refractivity contribution in [3.63, 3.8) is 0 Å². The standard InChI is InChI=1S/C27H27N3O5/c1-17(10-13-25(31)30-19-12-11-18(28-15-19)14-26(32)33)29-27(34)35-16-24-22-8-4-2-6-20(22)21-7-3-5-9-23(21)24/h2-9,11-12,15,17,24H,10,13-14,16H2,1H3,(H,29,34)(H,30,31)(H,32,33). The number of hydrogen-bond donors (Lipinski definition) is 3. The lowest BCUT2D eigenvalue weighted by molar-refractivity contribution is -0.136. The normalized spacial score (nSPS) is 12.8. The number of hydrogen-bond acceptors (Lipinski definition) is 5. The van der Waals surface area contributed by atoms with Gasteiger partial charge in [-0.2, -0.15) is 0 Å². The van der Waals surface area contributed by atoms with Crippen molar-refractivity contribution in [2.24, 2.45) is 0 Å². The van der Waals surface area contributed by atoms with Crippen LogP contribution in [0.3, 0.4) is 0 Å². The van der Waals surface area contributed by atoms with Gasteiger partial charge in [0.1, 0.15) is 6.61 Å². The number of carbonyl (C=O) groups is 3. The Morgan fingerprint density at radius 2 is 1.66 bits per heavy atom. The molecule has 2 aromatic carbocycles. The summed E-state index contributed by atoms with van der Waals surface area (Å²) in [6.45, 7) is 2.05. The first-order valence-electron chi connectivity index (χ1n) is 11.5. The lowest BCUT2D eigenvalue weighted by Gasteiger charge is -2.17. The van der Waals surface area contributed by atoms with Crippen molar-refractivity contribution >= 4 is 23.7 Å². The molecule has 0 saturated heterocycles. The van der Waals surface area contributed by atoms with Gasteiger partial charge in [-0.25, -0.2) is 4.79 Å². The number of rotatable bonds is 9. The fourth-order valence-electron chi connectivity index (χ4n) is 4.24. The zero-order valence-electron chi connectivity index (χ0n) is 19.4. The topological polar surface area (TPSA) is 118 Å². The Labute approximate surface area is 203 Å². The number of carboxylic acid groups (broad SMARTS) is 1. The van der Waals surface area contributed by atoms with E-state index in [1.165, 1.54) is 17.3 Å². The number of carboxylic acids is 1. The zero-order valence-corrected chi connectivity index (χ0v) is 19.4. The van der Waals surface area contributed by atoms with Gasteiger partial charge < -0.3 is 20.5 Å². The van der Waals surface area contributed by atoms with E-state index < -0.39 is 12.1 Å². The van der Waals surface area contributed by atoms with Gasteiger partial charge in [0.15, 0.2) is 0 Å². The summed E-state index contributed by atoms with van der Waals surface area (Å²) in [6.07, 6.45) is 1.36. The monoisotopic (exact) mass is 473 g/mol. The minimum Gasteiger partial charge on any atom is -0.481 e. The summed E-state index contributed by atoms with van der Waals surface area (Å²) >= 11 is 0. The molecule has 1 unspecified atom stereocenters. The smallest absolute Gasteiger partial charge is 0.407 e. The summed E-state index contributed by atoms with van der Waals surface area (Å²) in [4.78, 5) is 39.3. The molecule has 0 fully saturated rings. The van der Waals surface area contributed by atoms with Gasteiger partial charge in [-0.15, -0.1) is 0 Å². The Kier molecular flexibility index (Phi) is 7.40. The second-order valence-corrected chi connectivity index (χ2v) is 8.57. The first kappa shape index (κ1) is 23.9. The number of benzene rings is 2. The molecular formula is C27H27N3O5. The lowest BCUT2D eigenvalue weighted by atomic mass is 9.98. The molecule has 1 aliphatic carbocycles. The second-order valence-electron chi connectivity index (χ2n) is 8.57. The van der Waals surface area contributed by atoms with Gasteiger partial charge in [0, 0.05) is 18.4 Å². The molecule has 1 aliphatic rings. The quantitative estimate of drug-likeness (QED) is 0.425. The fraction of sp³-hybridized carbons (Fsp3) is 0.259. The molecule has 1 aromatic heterocycles. The highest BCUT2D eigenvalue weighted by atomic mass is 16.5. The minimum atomic E-state index is -0.966. The van der Waals surface area contributed by atoms with Crippen molar-refractivity contribution in [2.75, 3.05) is 11.9 Å². The van der Waals surface area contributed by atoms with E-state index in [-0.39, 0.29) is 37.3 Å². The molecule has 180 valence electrons. The van der Waals surface area contributed by atoms with Gasteiger partial charge >= 0.3 is 12.1 Å². The van der Waals surface area contributed by atoms with E-state index in [1.807, 2.05) is 31.2 Å². The highest BCUT2D eigenvalue weighted by Crippen LogP contribution is 2.44. The summed E-state index contributed by atoms with van der Waals surface area (Å²) in [6, 6.07) is 19.2. The number of nitrogens with one attached hydrogen (secondary N) is 2. The van der Waals surface area contributed by atoms with E-state index in [4.69, 9.17) is 9.84 Å². The molecule has 0 bridgehead atoms. The Bertz CT molecular complexity index is 1180. The molecule has 0 saturated carbocycles. The molecule has 8 nitrogen and oxygen atoms in total. The number of ether oxygens (including phenoxy) is 1. The molecule has 0 radical (unpaired) electrons. The van der Waals surface area contributed by atoms with E-state index in [0.29, 0.717) is 17.8 Å². The van der Waals surface area contributed by atoms with Crippen molar-refractivity contribution in [1.29, 1.82) is 0 Å². The van der Waals surface area contributed by atoms with Gasteiger partial charge in [0.2, 0.25) is 5.91 Å². The van der Waals surface area contributed by atoms with E-state index in [0.717, 1.165) is 11.1 Å². The van der Waals surface area contributed by atoms with Crippen LogP contribution in [-0.4, -0.2) is 40.7 Å². The second kappa shape index (κ2) is 10.8. The molecular weight excluding hydrogens is 446 g/mol. The minimum absolute atomic E-state index is 0.00951. The Morgan fingerprint density at radius 1 is 1.00 bits per heavy atom. The van der Waals surface area contributed by atoms with Gasteiger partial charge in [-0.05, 0) is 47.7 Å². The highest BCUT2D eigenvalue weighted by Gasteiger charge is 2.29. The van der Waals surface area contributed by atoms with Crippen LogP contribution in [0.25, 0.3) is 11.1 Å². The first-order chi connectivity index (χ1) is 16.9. The van der Waals surface area contributed by atoms with E-state index >= 15 is 0 Å². The fourth-order valence-corrected chi connectivity index (χ4v) is 4.24. The largest absolute Gasteiger partial charge is 0.481 e. The maximum absolute atomic E-state index is 12.4. The van der Waals surface area contributed by atoms with Crippen molar-refractivity contribution in [2.45, 2.75) is 38.1 Å². The summed E-state index contributed by atoms with van der Waals surface area (Å²) in [5, 5.41) is 14.3. The van der Waals surface area contributed by atoms with Crippen LogP contribution in [0, 0.1) is 0 Å². The number of pyridine rings is 1. The maximum atomic E-state index is 12.4. The number of fused-ring (bicyclic) bond motifs is 3. The predicted molar refractivity (Wildman–Crippen MR) is 131 cm³/mol. The number of carbonyl (C=O) groups excluding carboxylic acids is 2. The van der Waals surface area contributed by atoms with E-state index in [2.05, 4.69) is 39.9 Å². The molecule has 3 N–H and O–H groups in total. The van der Waals surface area contributed by atoms with Crippen LogP contribution in [0.5, 0.6) is 0 Å². The van der Waals surface area contributed by atoms with E-state index in [1.54, 1.807) is 12.1 Å². The average Bonchev–Trinajstić information content (AvgIpc) is 3.16. The van der Waals surface area contributed by atoms with Crippen LogP contribution in [0.4, 0.5) is 10.5 Å². The van der Waals surface area contributed by atoms with Crippen molar-refractivity contribution < 1.29 is 24.2 Å². The summed E-state index contributed by atoms with van der Waals surface area (Å²) < 4.78 is 5.55. The molecule has 35 heavy (non-hydrogen) atoms. The number of anilines is 1. The molecule has 3 aromatic rings. The average molecular weight is 474 g/mol. The number of nitrogens with zero attached hydrogens (tertiary/aromatic N) is 1. The Morgan fingerprint density at radius 3 is 2.26 bits per heavy atom. The van der Waals surface area contributed by atoms with E-state index in [9.17, 15) is 14.4 Å². The third-order valence-corrected chi connectivity index (χ3v) is 5.95. The molecule has 2 amide bonds. The van der Waals surface area contributed by atoms with Crippen LogP contribution >= 0.6 is 0 Å². The highest BCUT2D eigenvalue weighted by molar-refractivity contribution is 5.90. The molecule has 0 spiro atoms. The number of alkyl carbamates (subject to hydrolysis) is 1. The zero-order chi connectivity index (χ0) is 24.8. The molecule has 8 heteroatoms. The molecule has 0 aliphatic heterocycles. The summed E-state index contributed by atoms with van der Waals surface area (Å²) in [5.74, 6) is -1.20. The molecule has 4 rings (SSSR count). The summed E-state index contributed by atoms with van der Waals surface area (Å²) in [7, 11) is 0. The first-order valence-corrected chi connectivity index (χ1v) is 11.5. The van der Waals surface area contributed by atoms with Gasteiger partial charge in [0.25, 0.3) is 0 Å². The van der Waals surface area contributed by atoms with Crippen molar-refractivity contribution in [1.82, 2.24) is 10.3 Å². The lowest BCUT2D eigenvalue weighted by Crippen LogP contribution is -2.34. The van der Waals surface area contributed by atoms with Gasteiger partial charge in [0.05, 0.1) is 24.0 Å². The Balaban J connectivity index is 1.22. The van der Waals surface area contributed by atoms with Crippen molar-refractivity contribution in [3.8, 4) is 11.1 Å². The van der Waals surface area contributed by atoms with Crippen LogP contribution < -0.4 is 10.6 Å². The summed E-state index contributed by atoms with van der Waals surface area (Å²) in [5.41, 5.74) is 5.54. The van der Waals surface area contributed by atoms with Crippen LogP contribution in [0.1, 0.15) is 42.5 Å². The number of amides is 2. The van der Waals surface area contributed by atoms with Gasteiger partial charge in [-0.3, -0.25) is 14.6 Å². The van der Waals surface area contributed by atoms with Crippen molar-refractivity contribution in [3.05, 3.63) is 83.7 Å². The molecule has 1 heterocycles. The van der Waals surface area contributed by atoms with Gasteiger partial charge in [-0.1, -0.05) is 48.5 Å².